The Balaban J connectivity index is 1.91. The van der Waals surface area contributed by atoms with Gasteiger partial charge in [0.15, 0.2) is 0 Å². The molecule has 1 aliphatic heterocycles. The lowest BCUT2D eigenvalue weighted by Gasteiger charge is -2.21. The van der Waals surface area contributed by atoms with Crippen molar-refractivity contribution in [2.75, 3.05) is 24.0 Å². The lowest BCUT2D eigenvalue weighted by Crippen LogP contribution is -2.34. The second-order valence-electron chi connectivity index (χ2n) is 6.89. The molecule has 0 saturated carbocycles. The summed E-state index contributed by atoms with van der Waals surface area (Å²) in [7, 11) is 3.27. The normalized spacial score (nSPS) is 13.7. The van der Waals surface area contributed by atoms with Gasteiger partial charge in [-0.25, -0.2) is 4.90 Å². The molecule has 4 rings (SSSR count). The Kier molecular flexibility index (Phi) is 5.72. The molecule has 0 aromatic heterocycles. The van der Waals surface area contributed by atoms with Crippen molar-refractivity contribution in [3.63, 3.8) is 0 Å². The molecule has 1 heterocycles. The molecule has 0 spiro atoms. The van der Waals surface area contributed by atoms with Crippen LogP contribution in [0.5, 0.6) is 5.75 Å². The van der Waals surface area contributed by atoms with Crippen molar-refractivity contribution in [2.45, 2.75) is 0 Å². The van der Waals surface area contributed by atoms with E-state index < -0.39 is 11.8 Å². The second kappa shape index (κ2) is 8.46. The Morgan fingerprint density at radius 3 is 2.29 bits per heavy atom. The number of para-hydroxylation sites is 1. The molecule has 3 aromatic rings. The van der Waals surface area contributed by atoms with E-state index in [4.69, 9.17) is 27.9 Å². The lowest BCUT2D eigenvalue weighted by atomic mass is 10.0. The molecule has 3 aromatic carbocycles. The molecule has 31 heavy (non-hydrogen) atoms. The number of hydrogen-bond acceptors (Lipinski definition) is 4. The summed E-state index contributed by atoms with van der Waals surface area (Å²) >= 11 is 12.5. The number of imide groups is 1. The summed E-state index contributed by atoms with van der Waals surface area (Å²) < 4.78 is 5.26. The monoisotopic (exact) mass is 452 g/mol. The molecule has 156 valence electrons. The Morgan fingerprint density at radius 2 is 1.61 bits per heavy atom. The van der Waals surface area contributed by atoms with E-state index in [1.165, 1.54) is 7.11 Å². The number of amides is 2. The molecule has 5 nitrogen and oxygen atoms in total. The number of anilines is 2. The van der Waals surface area contributed by atoms with Crippen LogP contribution in [0.1, 0.15) is 5.56 Å². The highest BCUT2D eigenvalue weighted by Gasteiger charge is 2.42. The van der Waals surface area contributed by atoms with Crippen molar-refractivity contribution in [2.24, 2.45) is 0 Å². The Morgan fingerprint density at radius 1 is 0.871 bits per heavy atom. The van der Waals surface area contributed by atoms with Gasteiger partial charge >= 0.3 is 0 Å². The molecule has 0 bridgehead atoms. The van der Waals surface area contributed by atoms with Crippen molar-refractivity contribution in [1.82, 2.24) is 0 Å². The van der Waals surface area contributed by atoms with E-state index in [1.54, 1.807) is 54.4 Å². The van der Waals surface area contributed by atoms with E-state index in [9.17, 15) is 9.59 Å². The minimum absolute atomic E-state index is 0.209. The second-order valence-corrected chi connectivity index (χ2v) is 7.73. The predicted octanol–water partition coefficient (Wildman–Crippen LogP) is 5.42. The first-order chi connectivity index (χ1) is 14.9. The van der Waals surface area contributed by atoms with Crippen LogP contribution in [0.15, 0.2) is 78.5 Å². The van der Waals surface area contributed by atoms with Crippen molar-refractivity contribution < 1.29 is 14.3 Å². The summed E-state index contributed by atoms with van der Waals surface area (Å²) in [5.74, 6) is -0.389. The van der Waals surface area contributed by atoms with Crippen LogP contribution in [0, 0.1) is 0 Å². The number of rotatable bonds is 5. The largest absolute Gasteiger partial charge is 0.497 e. The van der Waals surface area contributed by atoms with Gasteiger partial charge in [-0.15, -0.1) is 0 Å². The fourth-order valence-corrected chi connectivity index (χ4v) is 4.03. The molecule has 2 amide bonds. The van der Waals surface area contributed by atoms with E-state index in [0.717, 1.165) is 10.6 Å². The molecular formula is C24H18Cl2N2O3. The van der Waals surface area contributed by atoms with Crippen LogP contribution in [0.25, 0.3) is 5.57 Å². The number of methoxy groups -OCH3 is 1. The number of carbonyl (C=O) groups is 2. The standard InChI is InChI=1S/C24H18Cl2N2O3/c1-27(16-7-4-3-5-8-16)22-21(19-12-11-15(25)13-20(19)26)23(29)28(24(22)30)17-9-6-10-18(14-17)31-2/h3-14H,1-2H3. The van der Waals surface area contributed by atoms with E-state index in [0.29, 0.717) is 22.0 Å². The number of halogens is 2. The zero-order chi connectivity index (χ0) is 22.1. The number of ether oxygens (including phenoxy) is 1. The zero-order valence-electron chi connectivity index (χ0n) is 16.8. The average Bonchev–Trinajstić information content (AvgIpc) is 3.03. The van der Waals surface area contributed by atoms with E-state index in [2.05, 4.69) is 0 Å². The molecule has 1 aliphatic rings. The average molecular weight is 453 g/mol. The smallest absolute Gasteiger partial charge is 0.282 e. The van der Waals surface area contributed by atoms with Gasteiger partial charge in [-0.05, 0) is 36.4 Å². The molecular weight excluding hydrogens is 435 g/mol. The van der Waals surface area contributed by atoms with Crippen LogP contribution >= 0.6 is 23.2 Å². The summed E-state index contributed by atoms with van der Waals surface area (Å²) in [5, 5.41) is 0.726. The van der Waals surface area contributed by atoms with Gasteiger partial charge in [0.05, 0.1) is 23.4 Å². The Bertz CT molecular complexity index is 1210. The number of carbonyl (C=O) groups excluding carboxylic acids is 2. The number of hydrogen-bond donors (Lipinski definition) is 0. The summed E-state index contributed by atoms with van der Waals surface area (Å²) in [6.45, 7) is 0. The van der Waals surface area contributed by atoms with Crippen molar-refractivity contribution in [1.29, 1.82) is 0 Å². The molecule has 0 fully saturated rings. The molecule has 0 aliphatic carbocycles. The molecule has 0 N–H and O–H groups in total. The van der Waals surface area contributed by atoms with Crippen molar-refractivity contribution in [3.8, 4) is 5.75 Å². The van der Waals surface area contributed by atoms with Crippen LogP contribution in [0.4, 0.5) is 11.4 Å². The zero-order valence-corrected chi connectivity index (χ0v) is 18.3. The van der Waals surface area contributed by atoms with E-state index in [1.807, 2.05) is 30.3 Å². The highest BCUT2D eigenvalue weighted by molar-refractivity contribution is 6.48. The number of benzene rings is 3. The van der Waals surface area contributed by atoms with Gasteiger partial charge < -0.3 is 9.64 Å². The summed E-state index contributed by atoms with van der Waals surface area (Å²) in [5.41, 5.74) is 2.04. The van der Waals surface area contributed by atoms with Crippen LogP contribution in [-0.2, 0) is 9.59 Å². The van der Waals surface area contributed by atoms with Crippen LogP contribution in [0.2, 0.25) is 10.0 Å². The van der Waals surface area contributed by atoms with Crippen LogP contribution in [0.3, 0.4) is 0 Å². The van der Waals surface area contributed by atoms with Crippen LogP contribution < -0.4 is 14.5 Å². The minimum atomic E-state index is -0.472. The predicted molar refractivity (Wildman–Crippen MR) is 124 cm³/mol. The summed E-state index contributed by atoms with van der Waals surface area (Å²) in [4.78, 5) is 30.0. The van der Waals surface area contributed by atoms with Gasteiger partial charge in [0.1, 0.15) is 11.4 Å². The molecule has 0 radical (unpaired) electrons. The maximum absolute atomic E-state index is 13.6. The third kappa shape index (κ3) is 3.78. The van der Waals surface area contributed by atoms with Gasteiger partial charge in [-0.1, -0.05) is 53.5 Å². The lowest BCUT2D eigenvalue weighted by molar-refractivity contribution is -0.120. The fraction of sp³-hybridized carbons (Fsp3) is 0.0833. The first-order valence-electron chi connectivity index (χ1n) is 9.43. The van der Waals surface area contributed by atoms with Gasteiger partial charge in [0, 0.05) is 29.4 Å². The van der Waals surface area contributed by atoms with E-state index in [-0.39, 0.29) is 16.3 Å². The van der Waals surface area contributed by atoms with Crippen molar-refractivity contribution in [3.05, 3.63) is 94.1 Å². The fourth-order valence-electron chi connectivity index (χ4n) is 3.53. The molecule has 7 heteroatoms. The first-order valence-corrected chi connectivity index (χ1v) is 10.2. The van der Waals surface area contributed by atoms with Crippen LogP contribution in [-0.4, -0.2) is 26.0 Å². The molecule has 0 unspecified atom stereocenters. The summed E-state index contributed by atoms with van der Waals surface area (Å²) in [6, 6.07) is 21.0. The molecule has 0 atom stereocenters. The Hall–Kier alpha value is -3.28. The third-order valence-electron chi connectivity index (χ3n) is 5.05. The Labute approximate surface area is 190 Å². The van der Waals surface area contributed by atoms with Gasteiger partial charge in [-0.3, -0.25) is 9.59 Å². The van der Waals surface area contributed by atoms with Gasteiger partial charge in [0.2, 0.25) is 0 Å². The van der Waals surface area contributed by atoms with E-state index >= 15 is 0 Å². The summed E-state index contributed by atoms with van der Waals surface area (Å²) in [6.07, 6.45) is 0. The van der Waals surface area contributed by atoms with Crippen molar-refractivity contribution >= 4 is 52.0 Å². The molecule has 0 saturated heterocycles. The van der Waals surface area contributed by atoms with Gasteiger partial charge in [0.25, 0.3) is 11.8 Å². The highest BCUT2D eigenvalue weighted by atomic mass is 35.5. The highest BCUT2D eigenvalue weighted by Crippen LogP contribution is 2.39. The number of likely N-dealkylation sites (N-methyl/N-ethyl adjacent to an activating group) is 1. The maximum Gasteiger partial charge on any atom is 0.282 e. The SMILES string of the molecule is COc1cccc(N2C(=O)C(c3ccc(Cl)cc3Cl)=C(N(C)c3ccccc3)C2=O)c1. The minimum Gasteiger partial charge on any atom is -0.497 e. The third-order valence-corrected chi connectivity index (χ3v) is 5.60. The maximum atomic E-state index is 13.6. The number of nitrogens with zero attached hydrogens (tertiary/aromatic N) is 2. The van der Waals surface area contributed by atoms with Gasteiger partial charge in [-0.2, -0.15) is 0 Å². The quantitative estimate of drug-likeness (QED) is 0.484. The topological polar surface area (TPSA) is 49.9 Å². The first kappa shape index (κ1) is 21.0.